The van der Waals surface area contributed by atoms with Crippen molar-refractivity contribution in [1.29, 1.82) is 0 Å². The highest BCUT2D eigenvalue weighted by atomic mass is 35.5. The Balaban J connectivity index is 1.64. The second-order valence-corrected chi connectivity index (χ2v) is 9.49. The summed E-state index contributed by atoms with van der Waals surface area (Å²) in [5.74, 6) is -1.72. The van der Waals surface area contributed by atoms with Crippen LogP contribution in [0.3, 0.4) is 0 Å². The number of para-hydroxylation sites is 1. The Labute approximate surface area is 215 Å². The van der Waals surface area contributed by atoms with Gasteiger partial charge in [0.05, 0.1) is 23.2 Å². The van der Waals surface area contributed by atoms with Crippen LogP contribution in [0.4, 0.5) is 10.1 Å². The monoisotopic (exact) mass is 518 g/mol. The highest BCUT2D eigenvalue weighted by Crippen LogP contribution is 2.52. The van der Waals surface area contributed by atoms with Crippen LogP contribution in [0.5, 0.6) is 0 Å². The Morgan fingerprint density at radius 2 is 1.76 bits per heavy atom. The van der Waals surface area contributed by atoms with Crippen molar-refractivity contribution in [3.05, 3.63) is 110 Å². The Morgan fingerprint density at radius 1 is 1.00 bits per heavy atom. The van der Waals surface area contributed by atoms with Crippen LogP contribution in [0.15, 0.2) is 75.9 Å². The molecule has 2 aliphatic rings. The molecule has 1 atom stereocenters. The van der Waals surface area contributed by atoms with Gasteiger partial charge in [-0.15, -0.1) is 0 Å². The van der Waals surface area contributed by atoms with Gasteiger partial charge in [-0.25, -0.2) is 4.39 Å². The third-order valence-corrected chi connectivity index (χ3v) is 7.23. The fraction of sp³-hybridized carbons (Fsp3) is 0.179. The molecule has 0 bridgehead atoms. The van der Waals surface area contributed by atoms with Crippen molar-refractivity contribution >= 4 is 40.1 Å². The third-order valence-electron chi connectivity index (χ3n) is 6.99. The second kappa shape index (κ2) is 8.54. The first-order valence-electron chi connectivity index (χ1n) is 11.7. The van der Waals surface area contributed by atoms with Gasteiger partial charge >= 0.3 is 0 Å². The van der Waals surface area contributed by atoms with E-state index in [0.29, 0.717) is 21.8 Å². The van der Waals surface area contributed by atoms with E-state index in [1.165, 1.54) is 34.1 Å². The summed E-state index contributed by atoms with van der Waals surface area (Å²) in [5.41, 5.74) is -0.532. The molecule has 3 aromatic carbocycles. The van der Waals surface area contributed by atoms with E-state index in [9.17, 15) is 23.9 Å². The summed E-state index contributed by atoms with van der Waals surface area (Å²) in [5, 5.41) is 10.0. The van der Waals surface area contributed by atoms with Gasteiger partial charge in [0.15, 0.2) is 11.0 Å². The zero-order valence-electron chi connectivity index (χ0n) is 19.4. The average Bonchev–Trinajstić information content (AvgIpc) is 3.29. The van der Waals surface area contributed by atoms with Gasteiger partial charge in [0, 0.05) is 23.7 Å². The van der Waals surface area contributed by atoms with Crippen LogP contribution in [0.2, 0.25) is 5.02 Å². The summed E-state index contributed by atoms with van der Waals surface area (Å²) in [6.45, 7) is -0.106. The molecular weight excluding hydrogens is 499 g/mol. The quantitative estimate of drug-likeness (QED) is 0.427. The number of fused-ring (bicyclic) bond motifs is 5. The van der Waals surface area contributed by atoms with Gasteiger partial charge in [0.25, 0.3) is 11.8 Å². The van der Waals surface area contributed by atoms with Crippen LogP contribution in [0, 0.1) is 5.82 Å². The van der Waals surface area contributed by atoms with E-state index in [2.05, 4.69) is 0 Å². The zero-order valence-corrected chi connectivity index (χ0v) is 20.2. The van der Waals surface area contributed by atoms with Gasteiger partial charge in [-0.1, -0.05) is 41.9 Å². The number of aliphatic hydroxyl groups is 1. The summed E-state index contributed by atoms with van der Waals surface area (Å²) >= 11 is 6.17. The molecular formula is C28H20ClFN2O5. The number of amides is 2. The molecule has 0 fully saturated rings. The minimum atomic E-state index is -1.78. The fourth-order valence-corrected chi connectivity index (χ4v) is 5.59. The van der Waals surface area contributed by atoms with E-state index in [0.717, 1.165) is 0 Å². The standard InChI is InChI=1S/C28H20ClFN2O5/c29-17-8-11-22-19(14-17)24(34)23-25(37-22)26(35)32(12-3-13-33)28(23)20-4-1-2-5-21(20)31(27(28)36)15-16-6-9-18(30)10-7-16/h1-2,4-11,14,33H,3,12-13,15H2. The summed E-state index contributed by atoms with van der Waals surface area (Å²) in [7, 11) is 0. The number of anilines is 1. The highest BCUT2D eigenvalue weighted by Gasteiger charge is 2.64. The largest absolute Gasteiger partial charge is 0.450 e. The van der Waals surface area contributed by atoms with Crippen LogP contribution < -0.4 is 10.3 Å². The topological polar surface area (TPSA) is 91.1 Å². The number of halogens is 2. The Kier molecular flexibility index (Phi) is 5.40. The van der Waals surface area contributed by atoms with Gasteiger partial charge in [-0.2, -0.15) is 0 Å². The van der Waals surface area contributed by atoms with Crippen molar-refractivity contribution in [2.24, 2.45) is 0 Å². The Hall–Kier alpha value is -4.01. The highest BCUT2D eigenvalue weighted by molar-refractivity contribution is 6.31. The molecule has 37 heavy (non-hydrogen) atoms. The van der Waals surface area contributed by atoms with Gasteiger partial charge in [-0.05, 0) is 48.4 Å². The molecule has 6 rings (SSSR count). The van der Waals surface area contributed by atoms with Crippen LogP contribution >= 0.6 is 11.6 Å². The van der Waals surface area contributed by atoms with Crippen molar-refractivity contribution in [3.63, 3.8) is 0 Å². The lowest BCUT2D eigenvalue weighted by Gasteiger charge is -2.34. The minimum Gasteiger partial charge on any atom is -0.450 e. The maximum absolute atomic E-state index is 14.5. The van der Waals surface area contributed by atoms with Crippen molar-refractivity contribution in [2.45, 2.75) is 18.5 Å². The van der Waals surface area contributed by atoms with Crippen molar-refractivity contribution < 1.29 is 23.5 Å². The third kappa shape index (κ3) is 3.26. The van der Waals surface area contributed by atoms with E-state index in [-0.39, 0.29) is 48.4 Å². The molecule has 1 unspecified atom stereocenters. The summed E-state index contributed by atoms with van der Waals surface area (Å²) in [4.78, 5) is 45.1. The lowest BCUT2D eigenvalue weighted by atomic mass is 9.84. The Bertz CT molecular complexity index is 1650. The predicted octanol–water partition coefficient (Wildman–Crippen LogP) is 4.21. The number of hydrogen-bond donors (Lipinski definition) is 1. The molecule has 186 valence electrons. The molecule has 0 saturated carbocycles. The maximum Gasteiger partial charge on any atom is 0.291 e. The molecule has 1 aromatic heterocycles. The molecule has 4 aromatic rings. The van der Waals surface area contributed by atoms with Gasteiger partial charge in [-0.3, -0.25) is 14.4 Å². The SMILES string of the molecule is O=C1c2oc3ccc(Cl)cc3c(=O)c2C2(C(=O)N(Cc3ccc(F)cc3)c3ccccc32)N1CCCO. The normalized spacial score (nSPS) is 18.2. The van der Waals surface area contributed by atoms with E-state index in [1.807, 2.05) is 0 Å². The zero-order chi connectivity index (χ0) is 25.9. The van der Waals surface area contributed by atoms with Crippen LogP contribution in [-0.4, -0.2) is 35.0 Å². The average molecular weight is 519 g/mol. The number of carbonyl (C=O) groups is 2. The first-order chi connectivity index (χ1) is 17.9. The molecule has 7 nitrogen and oxygen atoms in total. The van der Waals surface area contributed by atoms with E-state index in [1.54, 1.807) is 42.5 Å². The van der Waals surface area contributed by atoms with Crippen LogP contribution in [-0.2, 0) is 16.9 Å². The maximum atomic E-state index is 14.5. The van der Waals surface area contributed by atoms with Crippen molar-refractivity contribution in [1.82, 2.24) is 4.90 Å². The van der Waals surface area contributed by atoms with E-state index >= 15 is 0 Å². The van der Waals surface area contributed by atoms with Gasteiger partial charge in [0.2, 0.25) is 5.76 Å². The molecule has 9 heteroatoms. The van der Waals surface area contributed by atoms with E-state index in [4.69, 9.17) is 16.0 Å². The van der Waals surface area contributed by atoms with Gasteiger partial charge < -0.3 is 19.3 Å². The van der Waals surface area contributed by atoms with Gasteiger partial charge in [0.1, 0.15) is 11.4 Å². The first-order valence-corrected chi connectivity index (χ1v) is 12.1. The smallest absolute Gasteiger partial charge is 0.291 e. The lowest BCUT2D eigenvalue weighted by molar-refractivity contribution is -0.126. The molecule has 0 radical (unpaired) electrons. The molecule has 3 heterocycles. The van der Waals surface area contributed by atoms with Crippen molar-refractivity contribution in [3.8, 4) is 0 Å². The number of aliphatic hydroxyl groups excluding tert-OH is 1. The second-order valence-electron chi connectivity index (χ2n) is 9.06. The summed E-state index contributed by atoms with van der Waals surface area (Å²) < 4.78 is 19.5. The molecule has 0 saturated heterocycles. The number of benzene rings is 3. The number of carbonyl (C=O) groups excluding carboxylic acids is 2. The number of rotatable bonds is 5. The first kappa shape index (κ1) is 23.4. The number of hydrogen-bond acceptors (Lipinski definition) is 5. The molecule has 1 spiro atoms. The lowest BCUT2D eigenvalue weighted by Crippen LogP contribution is -2.53. The Morgan fingerprint density at radius 3 is 2.51 bits per heavy atom. The molecule has 2 aliphatic heterocycles. The molecule has 1 N–H and O–H groups in total. The summed E-state index contributed by atoms with van der Waals surface area (Å²) in [6, 6.07) is 17.3. The van der Waals surface area contributed by atoms with Crippen molar-refractivity contribution in [2.75, 3.05) is 18.1 Å². The van der Waals surface area contributed by atoms with Crippen LogP contribution in [0.25, 0.3) is 11.0 Å². The predicted molar refractivity (Wildman–Crippen MR) is 135 cm³/mol. The minimum absolute atomic E-state index is 0.0144. The molecule has 2 amide bonds. The fourth-order valence-electron chi connectivity index (χ4n) is 5.42. The molecule has 0 aliphatic carbocycles. The van der Waals surface area contributed by atoms with E-state index < -0.39 is 28.6 Å². The van der Waals surface area contributed by atoms with Crippen LogP contribution in [0.1, 0.15) is 33.7 Å². The number of nitrogens with zero attached hydrogens (tertiary/aromatic N) is 2. The summed E-state index contributed by atoms with van der Waals surface area (Å²) in [6.07, 6.45) is 0.189.